The quantitative estimate of drug-likeness (QED) is 0.840. The zero-order valence-corrected chi connectivity index (χ0v) is 11.5. The van der Waals surface area contributed by atoms with Gasteiger partial charge in [-0.15, -0.1) is 12.4 Å². The molecule has 0 radical (unpaired) electrons. The van der Waals surface area contributed by atoms with E-state index in [1.807, 2.05) is 12.3 Å². The second-order valence-corrected chi connectivity index (χ2v) is 4.73. The Bertz CT molecular complexity index is 299. The van der Waals surface area contributed by atoms with Crippen molar-refractivity contribution in [3.8, 4) is 0 Å². The van der Waals surface area contributed by atoms with Gasteiger partial charge in [0.2, 0.25) is 0 Å². The molecule has 0 spiro atoms. The average Bonchev–Trinajstić information content (AvgIpc) is 2.30. The molecule has 0 saturated carbocycles. The molecule has 1 saturated heterocycles. The van der Waals surface area contributed by atoms with E-state index in [0.717, 1.165) is 24.2 Å². The molecular formula is C11H17BrClN3. The van der Waals surface area contributed by atoms with Crippen LogP contribution in [0.4, 0.5) is 0 Å². The van der Waals surface area contributed by atoms with Gasteiger partial charge in [0.15, 0.2) is 0 Å². The van der Waals surface area contributed by atoms with E-state index < -0.39 is 0 Å². The van der Waals surface area contributed by atoms with E-state index >= 15 is 0 Å². The van der Waals surface area contributed by atoms with Crippen LogP contribution < -0.4 is 10.6 Å². The van der Waals surface area contributed by atoms with Gasteiger partial charge in [-0.3, -0.25) is 0 Å². The summed E-state index contributed by atoms with van der Waals surface area (Å²) in [4.78, 5) is 4.20. The minimum atomic E-state index is 0. The van der Waals surface area contributed by atoms with Gasteiger partial charge in [-0.1, -0.05) is 6.07 Å². The van der Waals surface area contributed by atoms with Gasteiger partial charge in [0, 0.05) is 25.3 Å². The topological polar surface area (TPSA) is 37.0 Å². The van der Waals surface area contributed by atoms with Crippen LogP contribution in [0.2, 0.25) is 0 Å². The first-order valence-electron chi connectivity index (χ1n) is 5.39. The number of nitrogens with one attached hydrogen (secondary N) is 2. The van der Waals surface area contributed by atoms with Crippen molar-refractivity contribution < 1.29 is 0 Å². The van der Waals surface area contributed by atoms with Crippen molar-refractivity contribution in [1.29, 1.82) is 0 Å². The fourth-order valence-electron chi connectivity index (χ4n) is 1.80. The highest BCUT2D eigenvalue weighted by Crippen LogP contribution is 2.07. The van der Waals surface area contributed by atoms with Crippen molar-refractivity contribution in [2.24, 2.45) is 0 Å². The minimum absolute atomic E-state index is 0. The number of piperidine rings is 1. The van der Waals surface area contributed by atoms with E-state index in [1.165, 1.54) is 18.4 Å². The fraction of sp³-hybridized carbons (Fsp3) is 0.545. The SMILES string of the molecule is Brc1ccc(CN[C@H]2CCCNC2)cn1.Cl. The van der Waals surface area contributed by atoms with Gasteiger partial charge in [0.1, 0.15) is 4.60 Å². The van der Waals surface area contributed by atoms with Crippen molar-refractivity contribution >= 4 is 28.3 Å². The number of aromatic nitrogens is 1. The predicted molar refractivity (Wildman–Crippen MR) is 71.9 cm³/mol. The number of hydrogen-bond acceptors (Lipinski definition) is 3. The molecule has 0 amide bonds. The van der Waals surface area contributed by atoms with Crippen molar-refractivity contribution in [3.05, 3.63) is 28.5 Å². The highest BCUT2D eigenvalue weighted by molar-refractivity contribution is 9.10. The molecule has 1 aliphatic heterocycles. The molecule has 0 aromatic carbocycles. The van der Waals surface area contributed by atoms with E-state index in [-0.39, 0.29) is 12.4 Å². The minimum Gasteiger partial charge on any atom is -0.315 e. The third kappa shape index (κ3) is 4.37. The summed E-state index contributed by atoms with van der Waals surface area (Å²) >= 11 is 3.33. The number of hydrogen-bond donors (Lipinski definition) is 2. The van der Waals surface area contributed by atoms with E-state index in [0.29, 0.717) is 6.04 Å². The zero-order valence-electron chi connectivity index (χ0n) is 9.08. The molecule has 1 aromatic heterocycles. The van der Waals surface area contributed by atoms with Crippen LogP contribution in [-0.2, 0) is 6.54 Å². The number of pyridine rings is 1. The molecule has 0 unspecified atom stereocenters. The van der Waals surface area contributed by atoms with Gasteiger partial charge in [-0.05, 0) is 46.9 Å². The van der Waals surface area contributed by atoms with E-state index in [9.17, 15) is 0 Å². The van der Waals surface area contributed by atoms with Crippen molar-refractivity contribution in [3.63, 3.8) is 0 Å². The molecule has 2 heterocycles. The lowest BCUT2D eigenvalue weighted by Crippen LogP contribution is -2.42. The van der Waals surface area contributed by atoms with E-state index in [2.05, 4.69) is 37.6 Å². The molecule has 1 atom stereocenters. The average molecular weight is 307 g/mol. The Balaban J connectivity index is 0.00000128. The number of rotatable bonds is 3. The zero-order chi connectivity index (χ0) is 10.5. The first-order chi connectivity index (χ1) is 7.34. The summed E-state index contributed by atoms with van der Waals surface area (Å²) in [5, 5.41) is 6.93. The molecule has 2 rings (SSSR count). The molecule has 2 N–H and O–H groups in total. The molecule has 1 aromatic rings. The normalized spacial score (nSPS) is 20.2. The van der Waals surface area contributed by atoms with Crippen LogP contribution in [-0.4, -0.2) is 24.1 Å². The Morgan fingerprint density at radius 2 is 2.38 bits per heavy atom. The first kappa shape index (κ1) is 13.9. The number of nitrogens with zero attached hydrogens (tertiary/aromatic N) is 1. The molecule has 90 valence electrons. The van der Waals surface area contributed by atoms with E-state index in [1.54, 1.807) is 0 Å². The van der Waals surface area contributed by atoms with Crippen LogP contribution in [0.1, 0.15) is 18.4 Å². The Kier molecular flexibility index (Phi) is 6.28. The highest BCUT2D eigenvalue weighted by Gasteiger charge is 2.11. The van der Waals surface area contributed by atoms with Crippen LogP contribution in [0, 0.1) is 0 Å². The van der Waals surface area contributed by atoms with Crippen LogP contribution in [0.5, 0.6) is 0 Å². The maximum atomic E-state index is 4.20. The van der Waals surface area contributed by atoms with E-state index in [4.69, 9.17) is 0 Å². The fourth-order valence-corrected chi connectivity index (χ4v) is 2.03. The van der Waals surface area contributed by atoms with Crippen LogP contribution >= 0.6 is 28.3 Å². The lowest BCUT2D eigenvalue weighted by Gasteiger charge is -2.23. The molecular weight excluding hydrogens is 289 g/mol. The molecule has 0 bridgehead atoms. The van der Waals surface area contributed by atoms with Gasteiger partial charge in [0.25, 0.3) is 0 Å². The van der Waals surface area contributed by atoms with Crippen LogP contribution in [0.15, 0.2) is 22.9 Å². The Morgan fingerprint density at radius 3 is 3.00 bits per heavy atom. The van der Waals surface area contributed by atoms with Crippen molar-refractivity contribution in [2.75, 3.05) is 13.1 Å². The Labute approximate surface area is 111 Å². The monoisotopic (exact) mass is 305 g/mol. The molecule has 1 fully saturated rings. The number of halogens is 2. The highest BCUT2D eigenvalue weighted by atomic mass is 79.9. The summed E-state index contributed by atoms with van der Waals surface area (Å²) in [7, 11) is 0. The van der Waals surface area contributed by atoms with Crippen LogP contribution in [0.3, 0.4) is 0 Å². The summed E-state index contributed by atoms with van der Waals surface area (Å²) in [6.07, 6.45) is 4.46. The largest absolute Gasteiger partial charge is 0.315 e. The lowest BCUT2D eigenvalue weighted by molar-refractivity contribution is 0.389. The standard InChI is InChI=1S/C11H16BrN3.ClH/c12-11-4-3-9(7-15-11)6-14-10-2-1-5-13-8-10;/h3-4,7,10,13-14H,1-2,5-6,8H2;1H/t10-;/m0./s1. The van der Waals surface area contributed by atoms with Gasteiger partial charge in [-0.2, -0.15) is 0 Å². The summed E-state index contributed by atoms with van der Waals surface area (Å²) in [6.45, 7) is 3.16. The predicted octanol–water partition coefficient (Wildman–Crippen LogP) is 2.11. The molecule has 1 aliphatic rings. The summed E-state index contributed by atoms with van der Waals surface area (Å²) in [6, 6.07) is 4.69. The smallest absolute Gasteiger partial charge is 0.106 e. The van der Waals surface area contributed by atoms with Crippen LogP contribution in [0.25, 0.3) is 0 Å². The second kappa shape index (κ2) is 7.22. The molecule has 3 nitrogen and oxygen atoms in total. The molecule has 16 heavy (non-hydrogen) atoms. The summed E-state index contributed by atoms with van der Waals surface area (Å²) in [5.74, 6) is 0. The third-order valence-corrected chi connectivity index (χ3v) is 3.15. The summed E-state index contributed by atoms with van der Waals surface area (Å²) in [5.41, 5.74) is 1.24. The van der Waals surface area contributed by atoms with Gasteiger partial charge in [0.05, 0.1) is 0 Å². The first-order valence-corrected chi connectivity index (χ1v) is 6.18. The lowest BCUT2D eigenvalue weighted by atomic mass is 10.1. The Hall–Kier alpha value is -0.160. The van der Waals surface area contributed by atoms with Crippen molar-refractivity contribution in [1.82, 2.24) is 15.6 Å². The van der Waals surface area contributed by atoms with Gasteiger partial charge >= 0.3 is 0 Å². The molecule has 5 heteroatoms. The maximum absolute atomic E-state index is 4.20. The Morgan fingerprint density at radius 1 is 1.50 bits per heavy atom. The third-order valence-electron chi connectivity index (χ3n) is 2.68. The van der Waals surface area contributed by atoms with Crippen molar-refractivity contribution in [2.45, 2.75) is 25.4 Å². The maximum Gasteiger partial charge on any atom is 0.106 e. The second-order valence-electron chi connectivity index (χ2n) is 3.91. The van der Waals surface area contributed by atoms with Gasteiger partial charge in [-0.25, -0.2) is 4.98 Å². The summed E-state index contributed by atoms with van der Waals surface area (Å²) < 4.78 is 0.894. The van der Waals surface area contributed by atoms with Gasteiger partial charge < -0.3 is 10.6 Å². The molecule has 0 aliphatic carbocycles.